The highest BCUT2D eigenvalue weighted by atomic mass is 16.5. The van der Waals surface area contributed by atoms with Crippen molar-refractivity contribution in [3.63, 3.8) is 0 Å². The van der Waals surface area contributed by atoms with Crippen LogP contribution in [-0.2, 0) is 4.74 Å². The monoisotopic (exact) mass is 264 g/mol. The molecule has 1 aromatic carbocycles. The third-order valence-electron chi connectivity index (χ3n) is 3.21. The van der Waals surface area contributed by atoms with Gasteiger partial charge in [-0.2, -0.15) is 0 Å². The Morgan fingerprint density at radius 2 is 1.89 bits per heavy atom. The van der Waals surface area contributed by atoms with Crippen LogP contribution in [-0.4, -0.2) is 20.8 Å². The zero-order valence-corrected chi connectivity index (χ0v) is 11.3. The Morgan fingerprint density at radius 1 is 1.21 bits per heavy atom. The summed E-state index contributed by atoms with van der Waals surface area (Å²) in [5.74, 6) is 7.18. The summed E-state index contributed by atoms with van der Waals surface area (Å²) in [6.45, 7) is 0.766. The Bertz CT molecular complexity index is 438. The standard InChI is InChI=1S/C14H20N2O3/c1-17-12-6-11(7-13(8-12)18-2)14(16-15)10-4-3-5-19-9-10/h6-9,14,16H,3-5,15H2,1-2H3. The average Bonchev–Trinajstić information content (AvgIpc) is 2.48. The van der Waals surface area contributed by atoms with E-state index in [-0.39, 0.29) is 6.04 Å². The molecule has 1 atom stereocenters. The van der Waals surface area contributed by atoms with Gasteiger partial charge in [0, 0.05) is 6.07 Å². The van der Waals surface area contributed by atoms with Crippen molar-refractivity contribution in [1.82, 2.24) is 5.43 Å². The first-order valence-electron chi connectivity index (χ1n) is 6.28. The second kappa shape index (κ2) is 6.45. The third-order valence-corrected chi connectivity index (χ3v) is 3.21. The number of nitrogens with one attached hydrogen (secondary N) is 1. The zero-order chi connectivity index (χ0) is 13.7. The number of benzene rings is 1. The summed E-state index contributed by atoms with van der Waals surface area (Å²) < 4.78 is 15.9. The average molecular weight is 264 g/mol. The van der Waals surface area contributed by atoms with E-state index < -0.39 is 0 Å². The Kier molecular flexibility index (Phi) is 4.65. The molecule has 1 unspecified atom stereocenters. The summed E-state index contributed by atoms with van der Waals surface area (Å²) >= 11 is 0. The van der Waals surface area contributed by atoms with Crippen LogP contribution >= 0.6 is 0 Å². The summed E-state index contributed by atoms with van der Waals surface area (Å²) in [7, 11) is 3.26. The molecule has 0 bridgehead atoms. The van der Waals surface area contributed by atoms with Gasteiger partial charge >= 0.3 is 0 Å². The molecule has 104 valence electrons. The minimum absolute atomic E-state index is 0.0932. The topological polar surface area (TPSA) is 65.7 Å². The van der Waals surface area contributed by atoms with Crippen LogP contribution in [0.25, 0.3) is 0 Å². The van der Waals surface area contributed by atoms with Gasteiger partial charge in [0.1, 0.15) is 11.5 Å². The van der Waals surface area contributed by atoms with Crippen LogP contribution in [0.3, 0.4) is 0 Å². The summed E-state index contributed by atoms with van der Waals surface area (Å²) in [6.07, 6.45) is 3.76. The Morgan fingerprint density at radius 3 is 2.37 bits per heavy atom. The first kappa shape index (κ1) is 13.7. The van der Waals surface area contributed by atoms with Crippen LogP contribution in [0.1, 0.15) is 24.4 Å². The molecule has 1 aromatic rings. The van der Waals surface area contributed by atoms with Gasteiger partial charge in [-0.1, -0.05) is 0 Å². The van der Waals surface area contributed by atoms with E-state index >= 15 is 0 Å². The van der Waals surface area contributed by atoms with Crippen molar-refractivity contribution >= 4 is 0 Å². The lowest BCUT2D eigenvalue weighted by Gasteiger charge is -2.23. The molecular weight excluding hydrogens is 244 g/mol. The molecule has 0 saturated heterocycles. The number of hydrogen-bond acceptors (Lipinski definition) is 5. The normalized spacial score (nSPS) is 16.3. The molecule has 19 heavy (non-hydrogen) atoms. The van der Waals surface area contributed by atoms with Crippen molar-refractivity contribution < 1.29 is 14.2 Å². The zero-order valence-electron chi connectivity index (χ0n) is 11.3. The maximum Gasteiger partial charge on any atom is 0.122 e. The maximum absolute atomic E-state index is 5.69. The van der Waals surface area contributed by atoms with Gasteiger partial charge in [-0.15, -0.1) is 0 Å². The van der Waals surface area contributed by atoms with E-state index in [2.05, 4.69) is 5.43 Å². The highest BCUT2D eigenvalue weighted by Crippen LogP contribution is 2.32. The molecule has 1 aliphatic heterocycles. The van der Waals surface area contributed by atoms with Crippen LogP contribution in [0, 0.1) is 0 Å². The summed E-state index contributed by atoms with van der Waals surface area (Å²) in [5.41, 5.74) is 4.96. The SMILES string of the molecule is COc1cc(OC)cc(C(NN)C2=COCCC2)c1. The Hall–Kier alpha value is -1.72. The van der Waals surface area contributed by atoms with Gasteiger partial charge in [-0.25, -0.2) is 5.43 Å². The van der Waals surface area contributed by atoms with E-state index in [1.165, 1.54) is 0 Å². The second-order valence-electron chi connectivity index (χ2n) is 4.41. The van der Waals surface area contributed by atoms with Crippen molar-refractivity contribution in [1.29, 1.82) is 0 Å². The van der Waals surface area contributed by atoms with E-state index in [0.717, 1.165) is 42.1 Å². The van der Waals surface area contributed by atoms with Gasteiger partial charge in [-0.05, 0) is 36.1 Å². The maximum atomic E-state index is 5.69. The largest absolute Gasteiger partial charge is 0.501 e. The van der Waals surface area contributed by atoms with E-state index in [4.69, 9.17) is 20.1 Å². The molecule has 1 heterocycles. The van der Waals surface area contributed by atoms with Crippen LogP contribution in [0.4, 0.5) is 0 Å². The molecule has 5 nitrogen and oxygen atoms in total. The lowest BCUT2D eigenvalue weighted by Crippen LogP contribution is -2.30. The van der Waals surface area contributed by atoms with E-state index in [1.807, 2.05) is 18.2 Å². The Balaban J connectivity index is 2.33. The minimum atomic E-state index is -0.0932. The molecule has 0 aliphatic carbocycles. The minimum Gasteiger partial charge on any atom is -0.501 e. The summed E-state index contributed by atoms with van der Waals surface area (Å²) in [6, 6.07) is 5.64. The summed E-state index contributed by atoms with van der Waals surface area (Å²) in [4.78, 5) is 0. The number of methoxy groups -OCH3 is 2. The van der Waals surface area contributed by atoms with Gasteiger partial charge in [-0.3, -0.25) is 5.84 Å². The summed E-state index contributed by atoms with van der Waals surface area (Å²) in [5, 5.41) is 0. The number of hydrazine groups is 1. The fourth-order valence-electron chi connectivity index (χ4n) is 2.21. The predicted molar refractivity (Wildman–Crippen MR) is 72.9 cm³/mol. The van der Waals surface area contributed by atoms with Crippen molar-refractivity contribution in [2.75, 3.05) is 20.8 Å². The van der Waals surface area contributed by atoms with Gasteiger partial charge in [0.25, 0.3) is 0 Å². The van der Waals surface area contributed by atoms with Crippen LogP contribution in [0.5, 0.6) is 11.5 Å². The van der Waals surface area contributed by atoms with E-state index in [9.17, 15) is 0 Å². The molecule has 0 radical (unpaired) electrons. The molecule has 2 rings (SSSR count). The molecule has 0 amide bonds. The molecule has 0 aromatic heterocycles. The molecule has 5 heteroatoms. The van der Waals surface area contributed by atoms with Crippen molar-refractivity contribution in [2.24, 2.45) is 5.84 Å². The first-order chi connectivity index (χ1) is 9.28. The molecule has 1 aliphatic rings. The second-order valence-corrected chi connectivity index (χ2v) is 4.41. The molecule has 0 saturated carbocycles. The van der Waals surface area contributed by atoms with Crippen molar-refractivity contribution in [3.8, 4) is 11.5 Å². The van der Waals surface area contributed by atoms with Crippen LogP contribution < -0.4 is 20.7 Å². The number of rotatable bonds is 5. The fraction of sp³-hybridized carbons (Fsp3) is 0.429. The van der Waals surface area contributed by atoms with Crippen LogP contribution in [0.2, 0.25) is 0 Å². The Labute approximate surface area is 113 Å². The highest BCUT2D eigenvalue weighted by molar-refractivity contribution is 5.42. The van der Waals surface area contributed by atoms with Gasteiger partial charge in [0.05, 0.1) is 33.1 Å². The quantitative estimate of drug-likeness (QED) is 0.628. The number of ether oxygens (including phenoxy) is 3. The molecule has 0 fully saturated rings. The van der Waals surface area contributed by atoms with Gasteiger partial charge in [0.15, 0.2) is 0 Å². The third kappa shape index (κ3) is 3.19. The van der Waals surface area contributed by atoms with E-state index in [0.29, 0.717) is 0 Å². The molecule has 3 N–H and O–H groups in total. The lowest BCUT2D eigenvalue weighted by molar-refractivity contribution is 0.219. The van der Waals surface area contributed by atoms with Crippen molar-refractivity contribution in [3.05, 3.63) is 35.6 Å². The van der Waals surface area contributed by atoms with E-state index in [1.54, 1.807) is 20.5 Å². The highest BCUT2D eigenvalue weighted by Gasteiger charge is 2.19. The molecular formula is C14H20N2O3. The van der Waals surface area contributed by atoms with Crippen LogP contribution in [0.15, 0.2) is 30.0 Å². The smallest absolute Gasteiger partial charge is 0.122 e. The van der Waals surface area contributed by atoms with Gasteiger partial charge < -0.3 is 14.2 Å². The number of nitrogens with two attached hydrogens (primary N) is 1. The molecule has 0 spiro atoms. The first-order valence-corrected chi connectivity index (χ1v) is 6.28. The van der Waals surface area contributed by atoms with Crippen molar-refractivity contribution in [2.45, 2.75) is 18.9 Å². The predicted octanol–water partition coefficient (Wildman–Crippen LogP) is 1.90. The van der Waals surface area contributed by atoms with Gasteiger partial charge in [0.2, 0.25) is 0 Å². The fourth-order valence-corrected chi connectivity index (χ4v) is 2.21. The number of hydrogen-bond donors (Lipinski definition) is 2. The lowest BCUT2D eigenvalue weighted by atomic mass is 9.95.